The highest BCUT2D eigenvalue weighted by atomic mass is 35.5. The van der Waals surface area contributed by atoms with Crippen molar-refractivity contribution < 1.29 is 17.6 Å². The summed E-state index contributed by atoms with van der Waals surface area (Å²) in [6.45, 7) is 1.23. The van der Waals surface area contributed by atoms with E-state index in [0.717, 1.165) is 12.5 Å². The average Bonchev–Trinajstić information content (AvgIpc) is 2.49. The highest BCUT2D eigenvalue weighted by Gasteiger charge is 2.34. The number of rotatable bonds is 1. The molecular formula is C14H17Cl2F4N5. The lowest BCUT2D eigenvalue weighted by molar-refractivity contribution is -0.139. The van der Waals surface area contributed by atoms with Crippen LogP contribution in [0.4, 0.5) is 23.2 Å². The Morgan fingerprint density at radius 1 is 1.12 bits per heavy atom. The smallest absolute Gasteiger partial charge is 0.369 e. The molecule has 1 aromatic carbocycles. The molecule has 1 aliphatic heterocycles. The summed E-state index contributed by atoms with van der Waals surface area (Å²) in [5, 5.41) is 0. The van der Waals surface area contributed by atoms with Crippen molar-refractivity contribution in [1.29, 1.82) is 0 Å². The lowest BCUT2D eigenvalue weighted by Gasteiger charge is -2.23. The van der Waals surface area contributed by atoms with Gasteiger partial charge in [0.15, 0.2) is 5.96 Å². The Hall–Kier alpha value is -2.00. The van der Waals surface area contributed by atoms with E-state index in [4.69, 9.17) is 11.5 Å². The average molecular weight is 402 g/mol. The number of aliphatic imine (C=N–C) groups is 2. The molecule has 0 bridgehead atoms. The molecule has 0 aliphatic carbocycles. The normalized spacial score (nSPS) is 15.4. The summed E-state index contributed by atoms with van der Waals surface area (Å²) in [6, 6.07) is 2.32. The molecule has 1 heterocycles. The first kappa shape index (κ1) is 23.0. The van der Waals surface area contributed by atoms with E-state index >= 15 is 0 Å². The fraction of sp³-hybridized carbons (Fsp3) is 0.286. The van der Waals surface area contributed by atoms with E-state index in [0.29, 0.717) is 25.2 Å². The molecule has 4 N–H and O–H groups in total. The number of nitrogens with two attached hydrogens (primary N) is 2. The van der Waals surface area contributed by atoms with Crippen LogP contribution in [0.5, 0.6) is 0 Å². The van der Waals surface area contributed by atoms with Crippen LogP contribution >= 0.6 is 24.8 Å². The molecular weight excluding hydrogens is 385 g/mol. The van der Waals surface area contributed by atoms with Crippen LogP contribution in [0.15, 0.2) is 40.3 Å². The summed E-state index contributed by atoms with van der Waals surface area (Å²) in [5.74, 6) is -1.57. The molecule has 0 aromatic heterocycles. The first-order chi connectivity index (χ1) is 10.8. The topological polar surface area (TPSA) is 80.0 Å². The zero-order valence-corrected chi connectivity index (χ0v) is 14.5. The van der Waals surface area contributed by atoms with E-state index in [9.17, 15) is 17.6 Å². The minimum Gasteiger partial charge on any atom is -0.369 e. The zero-order valence-electron chi connectivity index (χ0n) is 12.8. The van der Waals surface area contributed by atoms with Crippen molar-refractivity contribution in [3.63, 3.8) is 0 Å². The Morgan fingerprint density at radius 2 is 1.80 bits per heavy atom. The number of alkyl halides is 3. The van der Waals surface area contributed by atoms with E-state index in [1.165, 1.54) is 0 Å². The lowest BCUT2D eigenvalue weighted by Crippen LogP contribution is -2.40. The largest absolute Gasteiger partial charge is 0.419 e. The van der Waals surface area contributed by atoms with Crippen LogP contribution in [0.2, 0.25) is 0 Å². The molecule has 0 fully saturated rings. The molecule has 0 spiro atoms. The molecule has 5 nitrogen and oxygen atoms in total. The van der Waals surface area contributed by atoms with E-state index in [2.05, 4.69) is 9.98 Å². The summed E-state index contributed by atoms with van der Waals surface area (Å²) in [6.07, 6.45) is -0.0970. The van der Waals surface area contributed by atoms with Crippen LogP contribution in [0.25, 0.3) is 0 Å². The second-order valence-electron chi connectivity index (χ2n) is 4.81. The second-order valence-corrected chi connectivity index (χ2v) is 4.81. The van der Waals surface area contributed by atoms with Gasteiger partial charge in [0.2, 0.25) is 5.96 Å². The van der Waals surface area contributed by atoms with Gasteiger partial charge in [0, 0.05) is 13.1 Å². The molecule has 2 rings (SSSR count). The molecule has 1 aromatic rings. The maximum absolute atomic E-state index is 13.2. The fourth-order valence-electron chi connectivity index (χ4n) is 1.99. The van der Waals surface area contributed by atoms with Gasteiger partial charge in [-0.2, -0.15) is 18.2 Å². The van der Waals surface area contributed by atoms with Gasteiger partial charge in [-0.1, -0.05) is 12.2 Å². The number of hydrogen-bond donors (Lipinski definition) is 2. The van der Waals surface area contributed by atoms with E-state index in [-0.39, 0.29) is 42.4 Å². The van der Waals surface area contributed by atoms with Crippen LogP contribution in [0.3, 0.4) is 0 Å². The quantitative estimate of drug-likeness (QED) is 0.328. The molecule has 0 saturated carbocycles. The van der Waals surface area contributed by atoms with Gasteiger partial charge in [-0.05, 0) is 24.6 Å². The van der Waals surface area contributed by atoms with Crippen LogP contribution in [0, 0.1) is 5.82 Å². The second kappa shape index (κ2) is 9.47. The Balaban J connectivity index is 0.00000288. The Morgan fingerprint density at radius 3 is 2.36 bits per heavy atom. The van der Waals surface area contributed by atoms with Gasteiger partial charge in [0.05, 0.1) is 11.3 Å². The predicted octanol–water partition coefficient (Wildman–Crippen LogP) is 3.21. The minimum absolute atomic E-state index is 0. The van der Waals surface area contributed by atoms with Crippen molar-refractivity contribution in [2.24, 2.45) is 21.5 Å². The molecule has 0 atom stereocenters. The SMILES string of the molecule is Cl.Cl.NC(=Nc1ccc(F)c(C(F)(F)F)c1)/N=C(/N)N1CC=CCC1. The van der Waals surface area contributed by atoms with Crippen molar-refractivity contribution >= 4 is 42.4 Å². The maximum Gasteiger partial charge on any atom is 0.419 e. The van der Waals surface area contributed by atoms with Crippen molar-refractivity contribution in [2.75, 3.05) is 13.1 Å². The fourth-order valence-corrected chi connectivity index (χ4v) is 1.99. The molecule has 140 valence electrons. The van der Waals surface area contributed by atoms with Crippen LogP contribution < -0.4 is 11.5 Å². The van der Waals surface area contributed by atoms with Gasteiger partial charge < -0.3 is 16.4 Å². The summed E-state index contributed by atoms with van der Waals surface area (Å²) < 4.78 is 51.1. The van der Waals surface area contributed by atoms with Gasteiger partial charge >= 0.3 is 6.18 Å². The summed E-state index contributed by atoms with van der Waals surface area (Å²) in [4.78, 5) is 9.32. The van der Waals surface area contributed by atoms with Crippen LogP contribution in [-0.2, 0) is 6.18 Å². The number of benzene rings is 1. The van der Waals surface area contributed by atoms with Crippen molar-refractivity contribution in [1.82, 2.24) is 4.90 Å². The first-order valence-corrected chi connectivity index (χ1v) is 6.72. The molecule has 25 heavy (non-hydrogen) atoms. The third-order valence-electron chi connectivity index (χ3n) is 3.11. The standard InChI is InChI=1S/C14H15F4N5.2ClH/c15-11-5-4-9(8-10(11)14(16,17)18)21-12(19)22-13(20)23-6-2-1-3-7-23;;/h1-2,4-5,8H,3,6-7H2,(H4,19,20,21,22);2*1H. The maximum atomic E-state index is 13.2. The lowest BCUT2D eigenvalue weighted by atomic mass is 10.2. The van der Waals surface area contributed by atoms with E-state index in [1.807, 2.05) is 12.2 Å². The monoisotopic (exact) mass is 401 g/mol. The Labute approximate surface area is 154 Å². The Bertz CT molecular complexity index is 674. The van der Waals surface area contributed by atoms with Gasteiger partial charge in [-0.25, -0.2) is 9.38 Å². The third kappa shape index (κ3) is 6.43. The zero-order chi connectivity index (χ0) is 17.0. The molecule has 0 saturated heterocycles. The molecule has 0 radical (unpaired) electrons. The van der Waals surface area contributed by atoms with E-state index < -0.39 is 17.6 Å². The van der Waals surface area contributed by atoms with Gasteiger partial charge in [0.25, 0.3) is 0 Å². The van der Waals surface area contributed by atoms with Crippen molar-refractivity contribution in [3.05, 3.63) is 41.7 Å². The van der Waals surface area contributed by atoms with Gasteiger partial charge in [0.1, 0.15) is 5.82 Å². The molecule has 11 heteroatoms. The number of nitrogens with zero attached hydrogens (tertiary/aromatic N) is 3. The van der Waals surface area contributed by atoms with Gasteiger partial charge in [-0.15, -0.1) is 24.8 Å². The van der Waals surface area contributed by atoms with Crippen LogP contribution in [-0.4, -0.2) is 29.9 Å². The summed E-state index contributed by atoms with van der Waals surface area (Å²) in [7, 11) is 0. The minimum atomic E-state index is -4.81. The molecule has 0 unspecified atom stereocenters. The highest BCUT2D eigenvalue weighted by molar-refractivity contribution is 5.94. The van der Waals surface area contributed by atoms with Gasteiger partial charge in [-0.3, -0.25) is 0 Å². The first-order valence-electron chi connectivity index (χ1n) is 6.72. The number of hydrogen-bond acceptors (Lipinski definition) is 1. The highest BCUT2D eigenvalue weighted by Crippen LogP contribution is 2.33. The number of guanidine groups is 2. The number of halogens is 6. The summed E-state index contributed by atoms with van der Waals surface area (Å²) in [5.41, 5.74) is 9.77. The van der Waals surface area contributed by atoms with Crippen molar-refractivity contribution in [3.8, 4) is 0 Å². The molecule has 0 amide bonds. The van der Waals surface area contributed by atoms with Crippen LogP contribution in [0.1, 0.15) is 12.0 Å². The Kier molecular flexibility index (Phi) is 8.72. The molecule has 1 aliphatic rings. The summed E-state index contributed by atoms with van der Waals surface area (Å²) >= 11 is 0. The van der Waals surface area contributed by atoms with Crippen molar-refractivity contribution in [2.45, 2.75) is 12.6 Å². The third-order valence-corrected chi connectivity index (χ3v) is 3.11. The van der Waals surface area contributed by atoms with E-state index in [1.54, 1.807) is 4.90 Å². The predicted molar refractivity (Wildman–Crippen MR) is 94.1 cm³/mol.